The number of hydrogen-bond donors (Lipinski definition) is 2. The van der Waals surface area contributed by atoms with Gasteiger partial charge >= 0.3 is 0 Å². The molecule has 0 unspecified atom stereocenters. The van der Waals surface area contributed by atoms with Crippen LogP contribution in [0.15, 0.2) is 63.1 Å². The van der Waals surface area contributed by atoms with E-state index in [4.69, 9.17) is 34.8 Å². The van der Waals surface area contributed by atoms with Crippen LogP contribution >= 0.6 is 46.5 Å². The number of rotatable bonds is 5. The van der Waals surface area contributed by atoms with Gasteiger partial charge in [0.05, 0.1) is 28.0 Å². The number of fused-ring (bicyclic) bond motifs is 1. The number of amides is 1. The summed E-state index contributed by atoms with van der Waals surface area (Å²) >= 11 is 19.0. The largest absolute Gasteiger partial charge is 0.326 e. The number of nitrogens with zero attached hydrogens (tertiary/aromatic N) is 2. The molecule has 2 aromatic carbocycles. The fourth-order valence-corrected chi connectivity index (χ4v) is 5.37. The smallest absolute Gasteiger partial charge is 0.264 e. The van der Waals surface area contributed by atoms with Crippen molar-refractivity contribution in [1.82, 2.24) is 14.1 Å². The summed E-state index contributed by atoms with van der Waals surface area (Å²) in [5, 5.41) is 3.87. The molecule has 3 aromatic rings. The summed E-state index contributed by atoms with van der Waals surface area (Å²) in [5.41, 5.74) is 1.41. The van der Waals surface area contributed by atoms with Gasteiger partial charge in [-0.2, -0.15) is 8.75 Å². The molecule has 31 heavy (non-hydrogen) atoms. The monoisotopic (exact) mass is 514 g/mol. The molecule has 160 valence electrons. The summed E-state index contributed by atoms with van der Waals surface area (Å²) in [4.78, 5) is 12.9. The Hall–Kier alpha value is -2.17. The highest BCUT2D eigenvalue weighted by Crippen LogP contribution is 2.30. The Kier molecular flexibility index (Phi) is 6.23. The predicted molar refractivity (Wildman–Crippen MR) is 123 cm³/mol. The molecule has 0 saturated heterocycles. The zero-order valence-electron chi connectivity index (χ0n) is 15.5. The van der Waals surface area contributed by atoms with Gasteiger partial charge in [-0.05, 0) is 49.2 Å². The minimum Gasteiger partial charge on any atom is -0.326 e. The van der Waals surface area contributed by atoms with Gasteiger partial charge in [0, 0.05) is 15.8 Å². The first-order valence-electron chi connectivity index (χ1n) is 8.84. The number of aromatic nitrogens is 2. The number of carbonyl (C=O) groups excluding carboxylic acids is 1. The first kappa shape index (κ1) is 22.0. The van der Waals surface area contributed by atoms with Gasteiger partial charge in [-0.1, -0.05) is 40.9 Å². The average molecular weight is 516 g/mol. The molecular formula is C19H13Cl3N4O3S2. The molecule has 4 rings (SSSR count). The average Bonchev–Trinajstić information content (AvgIpc) is 3.20. The molecular weight excluding hydrogens is 503 g/mol. The van der Waals surface area contributed by atoms with Crippen molar-refractivity contribution in [3.63, 3.8) is 0 Å². The third-order valence-corrected chi connectivity index (χ3v) is 7.46. The van der Waals surface area contributed by atoms with E-state index in [1.807, 2.05) is 0 Å². The molecule has 2 N–H and O–H groups in total. The van der Waals surface area contributed by atoms with Crippen LogP contribution in [0.3, 0.4) is 0 Å². The molecule has 0 spiro atoms. The van der Waals surface area contributed by atoms with Crippen LogP contribution in [0.5, 0.6) is 0 Å². The van der Waals surface area contributed by atoms with E-state index in [9.17, 15) is 13.2 Å². The summed E-state index contributed by atoms with van der Waals surface area (Å²) < 4.78 is 36.7. The SMILES string of the molecule is O=C(NC1=CC(Cl)=C(Cl)CC1)c1cc(Cl)ccc1NS(=O)(=O)c1cccc2nsnc12. The number of benzene rings is 2. The molecule has 0 atom stereocenters. The first-order valence-corrected chi connectivity index (χ1v) is 12.2. The van der Waals surface area contributed by atoms with Crippen LogP contribution in [-0.2, 0) is 10.0 Å². The van der Waals surface area contributed by atoms with Crippen molar-refractivity contribution in [2.45, 2.75) is 17.7 Å². The van der Waals surface area contributed by atoms with Crippen LogP contribution in [0.1, 0.15) is 23.2 Å². The lowest BCUT2D eigenvalue weighted by Gasteiger charge is -2.17. The molecule has 0 saturated carbocycles. The zero-order valence-corrected chi connectivity index (χ0v) is 19.4. The van der Waals surface area contributed by atoms with E-state index in [-0.39, 0.29) is 26.7 Å². The Morgan fingerprint density at radius 3 is 2.65 bits per heavy atom. The van der Waals surface area contributed by atoms with Gasteiger partial charge < -0.3 is 5.32 Å². The number of anilines is 1. The molecule has 1 aliphatic carbocycles. The van der Waals surface area contributed by atoms with Crippen molar-refractivity contribution < 1.29 is 13.2 Å². The van der Waals surface area contributed by atoms with Crippen LogP contribution in [0.4, 0.5) is 5.69 Å². The van der Waals surface area contributed by atoms with Gasteiger partial charge in [0.25, 0.3) is 15.9 Å². The molecule has 1 aromatic heterocycles. The van der Waals surface area contributed by atoms with Crippen molar-refractivity contribution in [3.05, 3.63) is 68.8 Å². The summed E-state index contributed by atoms with van der Waals surface area (Å²) in [7, 11) is -4.06. The second-order valence-corrected chi connectivity index (χ2v) is 10.0. The standard InChI is InChI=1S/C19H13Cl3N4O3S2/c20-10-4-7-15(12(8-10)19(27)23-11-5-6-13(21)14(22)9-11)26-31(28,29)17-3-1-2-16-18(17)25-30-24-16/h1-4,7-9,26H,5-6H2,(H,23,27). The molecule has 0 bridgehead atoms. The fraction of sp³-hybridized carbons (Fsp3) is 0.105. The molecule has 0 fully saturated rings. The highest BCUT2D eigenvalue weighted by Gasteiger charge is 2.23. The maximum atomic E-state index is 13.1. The van der Waals surface area contributed by atoms with Gasteiger partial charge in [0.15, 0.2) is 0 Å². The Bertz CT molecular complexity index is 1370. The number of carbonyl (C=O) groups is 1. The number of halogens is 3. The summed E-state index contributed by atoms with van der Waals surface area (Å²) in [6, 6.07) is 8.96. The predicted octanol–water partition coefficient (Wildman–Crippen LogP) is 5.24. The molecule has 1 amide bonds. The number of allylic oxidation sites excluding steroid dienone is 4. The minimum atomic E-state index is -4.06. The van der Waals surface area contributed by atoms with E-state index in [0.717, 1.165) is 11.7 Å². The van der Waals surface area contributed by atoms with E-state index in [2.05, 4.69) is 18.8 Å². The number of nitrogens with one attached hydrogen (secondary N) is 2. The summed E-state index contributed by atoms with van der Waals surface area (Å²) in [6.07, 6.45) is 2.55. The Morgan fingerprint density at radius 1 is 1.06 bits per heavy atom. The third kappa shape index (κ3) is 4.70. The van der Waals surface area contributed by atoms with Crippen LogP contribution in [-0.4, -0.2) is 23.1 Å². The molecule has 1 aliphatic rings. The van der Waals surface area contributed by atoms with Crippen molar-refractivity contribution in [1.29, 1.82) is 0 Å². The van der Waals surface area contributed by atoms with Gasteiger partial charge in [0.2, 0.25) is 0 Å². The third-order valence-electron chi connectivity index (χ3n) is 4.46. The maximum Gasteiger partial charge on any atom is 0.264 e. The maximum absolute atomic E-state index is 13.1. The Morgan fingerprint density at radius 2 is 1.87 bits per heavy atom. The van der Waals surface area contributed by atoms with Crippen molar-refractivity contribution >= 4 is 79.2 Å². The lowest BCUT2D eigenvalue weighted by Crippen LogP contribution is -2.25. The molecule has 0 aliphatic heterocycles. The number of hydrogen-bond acceptors (Lipinski definition) is 6. The highest BCUT2D eigenvalue weighted by atomic mass is 35.5. The van der Waals surface area contributed by atoms with Crippen molar-refractivity contribution in [2.24, 2.45) is 0 Å². The Labute approximate surface area is 197 Å². The number of sulfonamides is 1. The van der Waals surface area contributed by atoms with Crippen LogP contribution in [0.2, 0.25) is 5.02 Å². The molecule has 0 radical (unpaired) electrons. The van der Waals surface area contributed by atoms with Crippen LogP contribution < -0.4 is 10.0 Å². The van der Waals surface area contributed by atoms with E-state index in [1.54, 1.807) is 18.2 Å². The van der Waals surface area contributed by atoms with E-state index in [1.165, 1.54) is 24.3 Å². The van der Waals surface area contributed by atoms with Crippen LogP contribution in [0, 0.1) is 0 Å². The topological polar surface area (TPSA) is 101 Å². The summed E-state index contributed by atoms with van der Waals surface area (Å²) in [5.74, 6) is -0.539. The lowest BCUT2D eigenvalue weighted by atomic mass is 10.1. The quantitative estimate of drug-likeness (QED) is 0.484. The zero-order chi connectivity index (χ0) is 22.2. The van der Waals surface area contributed by atoms with Gasteiger partial charge in [-0.25, -0.2) is 8.42 Å². The van der Waals surface area contributed by atoms with Crippen LogP contribution in [0.25, 0.3) is 11.0 Å². The second-order valence-electron chi connectivity index (χ2n) is 6.56. The van der Waals surface area contributed by atoms with E-state index in [0.29, 0.717) is 34.1 Å². The van der Waals surface area contributed by atoms with E-state index < -0.39 is 15.9 Å². The van der Waals surface area contributed by atoms with Gasteiger partial charge in [-0.15, -0.1) is 0 Å². The first-order chi connectivity index (χ1) is 14.7. The Balaban J connectivity index is 1.67. The highest BCUT2D eigenvalue weighted by molar-refractivity contribution is 7.93. The van der Waals surface area contributed by atoms with E-state index >= 15 is 0 Å². The van der Waals surface area contributed by atoms with Crippen molar-refractivity contribution in [3.8, 4) is 0 Å². The molecule has 7 nitrogen and oxygen atoms in total. The molecule has 1 heterocycles. The fourth-order valence-electron chi connectivity index (χ4n) is 2.97. The van der Waals surface area contributed by atoms with Gasteiger partial charge in [0.1, 0.15) is 15.9 Å². The van der Waals surface area contributed by atoms with Crippen molar-refractivity contribution in [2.75, 3.05) is 4.72 Å². The molecule has 12 heteroatoms. The normalized spacial score (nSPS) is 14.5. The minimum absolute atomic E-state index is 0.0402. The lowest BCUT2D eigenvalue weighted by molar-refractivity contribution is 0.0965. The van der Waals surface area contributed by atoms with Gasteiger partial charge in [-0.3, -0.25) is 9.52 Å². The second kappa shape index (κ2) is 8.76. The summed E-state index contributed by atoms with van der Waals surface area (Å²) in [6.45, 7) is 0.